The normalized spacial score (nSPS) is 22.9. The van der Waals surface area contributed by atoms with Gasteiger partial charge in [-0.2, -0.15) is 18.3 Å². The van der Waals surface area contributed by atoms with E-state index in [9.17, 15) is 18.0 Å². The highest BCUT2D eigenvalue weighted by molar-refractivity contribution is 6.10. The maximum absolute atomic E-state index is 12.3. The number of carbonyl (C=O) groups excluding carboxylic acids is 1. The lowest BCUT2D eigenvalue weighted by Crippen LogP contribution is -2.31. The average Bonchev–Trinajstić information content (AvgIpc) is 2.32. The van der Waals surface area contributed by atoms with Crippen molar-refractivity contribution in [3.05, 3.63) is 0 Å². The van der Waals surface area contributed by atoms with Gasteiger partial charge in [-0.1, -0.05) is 6.92 Å². The number of halogens is 3. The number of nitrogens with zero attached hydrogens (tertiary/aromatic N) is 2. The fourth-order valence-corrected chi connectivity index (χ4v) is 1.28. The predicted molar refractivity (Wildman–Crippen MR) is 44.7 cm³/mol. The van der Waals surface area contributed by atoms with E-state index in [1.54, 1.807) is 6.92 Å². The van der Waals surface area contributed by atoms with E-state index in [2.05, 4.69) is 5.10 Å². The maximum Gasteiger partial charge on any atom is 0.431 e. The molecule has 1 amide bonds. The fourth-order valence-electron chi connectivity index (χ4n) is 1.28. The molecule has 1 heterocycles. The number of alkyl halides is 3. The standard InChI is InChI=1S/C8H11F3N2O/c1-3-4-13-7(14)5(2)6(12-13)8(9,10)11/h5H,3-4H2,1-2H3. The molecular formula is C8H11F3N2O. The largest absolute Gasteiger partial charge is 0.431 e. The van der Waals surface area contributed by atoms with E-state index in [-0.39, 0.29) is 6.54 Å². The lowest BCUT2D eigenvalue weighted by molar-refractivity contribution is -0.131. The van der Waals surface area contributed by atoms with Gasteiger partial charge in [-0.25, -0.2) is 5.01 Å². The Kier molecular flexibility index (Phi) is 2.82. The number of amides is 1. The predicted octanol–water partition coefficient (Wildman–Crippen LogP) is 1.79. The molecule has 1 aliphatic rings. The Labute approximate surface area is 79.6 Å². The van der Waals surface area contributed by atoms with Gasteiger partial charge in [0.2, 0.25) is 0 Å². The summed E-state index contributed by atoms with van der Waals surface area (Å²) >= 11 is 0. The highest BCUT2D eigenvalue weighted by atomic mass is 19.4. The maximum atomic E-state index is 12.3. The third-order valence-electron chi connectivity index (χ3n) is 1.99. The van der Waals surface area contributed by atoms with Gasteiger partial charge in [0.05, 0.1) is 5.92 Å². The number of hydrogen-bond acceptors (Lipinski definition) is 2. The quantitative estimate of drug-likeness (QED) is 0.681. The topological polar surface area (TPSA) is 32.7 Å². The van der Waals surface area contributed by atoms with Crippen molar-refractivity contribution >= 4 is 11.6 Å². The van der Waals surface area contributed by atoms with Crippen LogP contribution in [0.2, 0.25) is 0 Å². The Morgan fingerprint density at radius 2 is 2.07 bits per heavy atom. The molecule has 0 N–H and O–H groups in total. The van der Waals surface area contributed by atoms with Crippen molar-refractivity contribution in [2.45, 2.75) is 26.4 Å². The van der Waals surface area contributed by atoms with E-state index in [0.29, 0.717) is 6.42 Å². The first-order valence-corrected chi connectivity index (χ1v) is 4.35. The highest BCUT2D eigenvalue weighted by Crippen LogP contribution is 2.28. The van der Waals surface area contributed by atoms with Gasteiger partial charge in [-0.3, -0.25) is 4.79 Å². The van der Waals surface area contributed by atoms with Gasteiger partial charge < -0.3 is 0 Å². The Bertz CT molecular complexity index is 272. The summed E-state index contributed by atoms with van der Waals surface area (Å²) in [6.45, 7) is 3.24. The average molecular weight is 208 g/mol. The van der Waals surface area contributed by atoms with Crippen LogP contribution in [0.1, 0.15) is 20.3 Å². The second-order valence-corrected chi connectivity index (χ2v) is 3.17. The zero-order valence-corrected chi connectivity index (χ0v) is 7.93. The molecule has 0 spiro atoms. The van der Waals surface area contributed by atoms with Crippen LogP contribution in [-0.2, 0) is 4.79 Å². The summed E-state index contributed by atoms with van der Waals surface area (Å²) in [5.74, 6) is -1.74. The van der Waals surface area contributed by atoms with Crippen molar-refractivity contribution in [3.63, 3.8) is 0 Å². The molecule has 1 aliphatic heterocycles. The van der Waals surface area contributed by atoms with Crippen molar-refractivity contribution in [2.24, 2.45) is 11.0 Å². The van der Waals surface area contributed by atoms with E-state index in [4.69, 9.17) is 0 Å². The van der Waals surface area contributed by atoms with E-state index in [0.717, 1.165) is 5.01 Å². The molecular weight excluding hydrogens is 197 g/mol. The summed E-state index contributed by atoms with van der Waals surface area (Å²) in [7, 11) is 0. The first kappa shape index (κ1) is 11.0. The van der Waals surface area contributed by atoms with Gasteiger partial charge >= 0.3 is 6.18 Å². The zero-order chi connectivity index (χ0) is 10.9. The lowest BCUT2D eigenvalue weighted by Gasteiger charge is -2.10. The minimum absolute atomic E-state index is 0.239. The first-order valence-electron chi connectivity index (χ1n) is 4.35. The molecule has 1 atom stereocenters. The van der Waals surface area contributed by atoms with Gasteiger partial charge in [-0.15, -0.1) is 0 Å². The molecule has 3 nitrogen and oxygen atoms in total. The monoisotopic (exact) mass is 208 g/mol. The third-order valence-corrected chi connectivity index (χ3v) is 1.99. The van der Waals surface area contributed by atoms with Gasteiger partial charge in [0, 0.05) is 6.54 Å². The van der Waals surface area contributed by atoms with Crippen LogP contribution >= 0.6 is 0 Å². The summed E-state index contributed by atoms with van der Waals surface area (Å²) in [6.07, 6.45) is -3.91. The number of hydrazone groups is 1. The summed E-state index contributed by atoms with van der Waals surface area (Å²) in [5, 5.41) is 4.18. The third kappa shape index (κ3) is 1.88. The molecule has 0 saturated carbocycles. The Morgan fingerprint density at radius 3 is 2.43 bits per heavy atom. The second kappa shape index (κ2) is 3.59. The SMILES string of the molecule is CCCN1N=C(C(F)(F)F)C(C)C1=O. The first-order chi connectivity index (χ1) is 6.38. The Hall–Kier alpha value is -1.07. The van der Waals surface area contributed by atoms with Crippen LogP contribution in [0.4, 0.5) is 13.2 Å². The number of hydrogen-bond donors (Lipinski definition) is 0. The second-order valence-electron chi connectivity index (χ2n) is 3.17. The summed E-state index contributed by atoms with van der Waals surface area (Å²) in [6, 6.07) is 0. The highest BCUT2D eigenvalue weighted by Gasteiger charge is 2.47. The minimum atomic E-state index is -4.50. The molecule has 6 heteroatoms. The molecule has 0 aromatic rings. The van der Waals surface area contributed by atoms with E-state index < -0.39 is 23.7 Å². The summed E-state index contributed by atoms with van der Waals surface area (Å²) in [4.78, 5) is 11.3. The molecule has 14 heavy (non-hydrogen) atoms. The molecule has 0 saturated heterocycles. The van der Waals surface area contributed by atoms with Crippen LogP contribution in [0.3, 0.4) is 0 Å². The molecule has 0 bridgehead atoms. The molecule has 1 rings (SSSR count). The van der Waals surface area contributed by atoms with Crippen molar-refractivity contribution in [1.82, 2.24) is 5.01 Å². The number of carbonyl (C=O) groups is 1. The van der Waals surface area contributed by atoms with Crippen LogP contribution in [0, 0.1) is 5.92 Å². The van der Waals surface area contributed by atoms with Crippen molar-refractivity contribution in [3.8, 4) is 0 Å². The van der Waals surface area contributed by atoms with E-state index >= 15 is 0 Å². The van der Waals surface area contributed by atoms with Crippen LogP contribution in [0.25, 0.3) is 0 Å². The molecule has 0 fully saturated rings. The number of rotatable bonds is 2. The summed E-state index contributed by atoms with van der Waals surface area (Å²) in [5.41, 5.74) is -0.990. The van der Waals surface area contributed by atoms with Crippen LogP contribution in [0.5, 0.6) is 0 Å². The molecule has 0 radical (unpaired) electrons. The van der Waals surface area contributed by atoms with Crippen molar-refractivity contribution in [1.29, 1.82) is 0 Å². The molecule has 0 aromatic heterocycles. The van der Waals surface area contributed by atoms with E-state index in [1.165, 1.54) is 6.92 Å². The molecule has 0 aromatic carbocycles. The van der Waals surface area contributed by atoms with Crippen molar-refractivity contribution in [2.75, 3.05) is 6.54 Å². The van der Waals surface area contributed by atoms with Gasteiger partial charge in [0.25, 0.3) is 5.91 Å². The fraction of sp³-hybridized carbons (Fsp3) is 0.750. The van der Waals surface area contributed by atoms with Gasteiger partial charge in [-0.05, 0) is 13.3 Å². The van der Waals surface area contributed by atoms with Crippen LogP contribution in [-0.4, -0.2) is 29.3 Å². The lowest BCUT2D eigenvalue weighted by atomic mass is 10.1. The molecule has 1 unspecified atom stereocenters. The Balaban J connectivity index is 2.87. The van der Waals surface area contributed by atoms with Crippen LogP contribution < -0.4 is 0 Å². The van der Waals surface area contributed by atoms with Crippen LogP contribution in [0.15, 0.2) is 5.10 Å². The summed E-state index contributed by atoms with van der Waals surface area (Å²) < 4.78 is 36.9. The molecule has 80 valence electrons. The van der Waals surface area contributed by atoms with Gasteiger partial charge in [0.15, 0.2) is 5.71 Å². The van der Waals surface area contributed by atoms with Gasteiger partial charge in [0.1, 0.15) is 0 Å². The zero-order valence-electron chi connectivity index (χ0n) is 7.93. The smallest absolute Gasteiger partial charge is 0.272 e. The Morgan fingerprint density at radius 1 is 1.50 bits per heavy atom. The minimum Gasteiger partial charge on any atom is -0.272 e. The van der Waals surface area contributed by atoms with Crippen molar-refractivity contribution < 1.29 is 18.0 Å². The van der Waals surface area contributed by atoms with E-state index in [1.807, 2.05) is 0 Å². The molecule has 0 aliphatic carbocycles.